The number of halogens is 1. The van der Waals surface area contributed by atoms with Gasteiger partial charge in [-0.2, -0.15) is 0 Å². The van der Waals surface area contributed by atoms with E-state index in [-0.39, 0.29) is 0 Å². The standard InChI is InChI=1S/C16H10ClNO/c17-15-5-3-11(9-14(15)10-19)12-4-6-16-13(8-12)2-1-7-18-16/h1-10H. The molecule has 19 heavy (non-hydrogen) atoms. The van der Waals surface area contributed by atoms with Gasteiger partial charge in [0.15, 0.2) is 6.29 Å². The normalized spacial score (nSPS) is 10.6. The van der Waals surface area contributed by atoms with Crippen LogP contribution >= 0.6 is 11.6 Å². The van der Waals surface area contributed by atoms with Gasteiger partial charge >= 0.3 is 0 Å². The summed E-state index contributed by atoms with van der Waals surface area (Å²) in [6.07, 6.45) is 2.54. The van der Waals surface area contributed by atoms with Gasteiger partial charge in [-0.1, -0.05) is 29.8 Å². The maximum Gasteiger partial charge on any atom is 0.151 e. The lowest BCUT2D eigenvalue weighted by molar-refractivity contribution is 0.112. The van der Waals surface area contributed by atoms with Crippen LogP contribution in [0.15, 0.2) is 54.7 Å². The average Bonchev–Trinajstić information content (AvgIpc) is 2.47. The molecule has 0 N–H and O–H groups in total. The third-order valence-electron chi connectivity index (χ3n) is 3.06. The van der Waals surface area contributed by atoms with Gasteiger partial charge in [0.1, 0.15) is 0 Å². The SMILES string of the molecule is O=Cc1cc(-c2ccc3ncccc3c2)ccc1Cl. The first-order chi connectivity index (χ1) is 9.28. The predicted octanol–water partition coefficient (Wildman–Crippen LogP) is 4.37. The van der Waals surface area contributed by atoms with Gasteiger partial charge in [-0.25, -0.2) is 0 Å². The molecule has 0 bridgehead atoms. The first-order valence-electron chi connectivity index (χ1n) is 5.88. The molecule has 3 rings (SSSR count). The van der Waals surface area contributed by atoms with Crippen molar-refractivity contribution in [3.63, 3.8) is 0 Å². The highest BCUT2D eigenvalue weighted by atomic mass is 35.5. The van der Waals surface area contributed by atoms with Crippen molar-refractivity contribution in [3.05, 3.63) is 65.3 Å². The van der Waals surface area contributed by atoms with Gasteiger partial charge in [-0.05, 0) is 41.5 Å². The van der Waals surface area contributed by atoms with Crippen molar-refractivity contribution >= 4 is 28.8 Å². The molecule has 2 nitrogen and oxygen atoms in total. The minimum atomic E-state index is 0.473. The van der Waals surface area contributed by atoms with Crippen LogP contribution in [0.3, 0.4) is 0 Å². The average molecular weight is 268 g/mol. The molecule has 0 saturated carbocycles. The summed E-state index contributed by atoms with van der Waals surface area (Å²) in [6, 6.07) is 15.4. The number of hydrogen-bond acceptors (Lipinski definition) is 2. The summed E-state index contributed by atoms with van der Waals surface area (Å²) in [7, 11) is 0. The lowest BCUT2D eigenvalue weighted by Crippen LogP contribution is -1.85. The number of benzene rings is 2. The predicted molar refractivity (Wildman–Crippen MR) is 77.6 cm³/mol. The lowest BCUT2D eigenvalue weighted by atomic mass is 10.0. The van der Waals surface area contributed by atoms with Crippen LogP contribution in [0.1, 0.15) is 10.4 Å². The van der Waals surface area contributed by atoms with E-state index in [2.05, 4.69) is 11.1 Å². The number of carbonyl (C=O) groups excluding carboxylic acids is 1. The van der Waals surface area contributed by atoms with Gasteiger partial charge in [-0.3, -0.25) is 9.78 Å². The minimum absolute atomic E-state index is 0.473. The largest absolute Gasteiger partial charge is 0.298 e. The summed E-state index contributed by atoms with van der Waals surface area (Å²) in [5.41, 5.74) is 3.47. The summed E-state index contributed by atoms with van der Waals surface area (Å²) >= 11 is 5.94. The van der Waals surface area contributed by atoms with Gasteiger partial charge in [0.05, 0.1) is 10.5 Å². The van der Waals surface area contributed by atoms with E-state index < -0.39 is 0 Å². The Labute approximate surface area is 115 Å². The van der Waals surface area contributed by atoms with Crippen LogP contribution in [0.25, 0.3) is 22.0 Å². The van der Waals surface area contributed by atoms with Crippen LogP contribution in [0.5, 0.6) is 0 Å². The molecule has 1 heterocycles. The van der Waals surface area contributed by atoms with E-state index >= 15 is 0 Å². The molecule has 2 aromatic carbocycles. The summed E-state index contributed by atoms with van der Waals surface area (Å²) in [4.78, 5) is 15.2. The van der Waals surface area contributed by atoms with E-state index in [1.807, 2.05) is 30.3 Å². The third-order valence-corrected chi connectivity index (χ3v) is 3.40. The molecule has 0 radical (unpaired) electrons. The monoisotopic (exact) mass is 267 g/mol. The number of nitrogens with zero attached hydrogens (tertiary/aromatic N) is 1. The Balaban J connectivity index is 2.16. The number of aromatic nitrogens is 1. The number of fused-ring (bicyclic) bond motifs is 1. The fraction of sp³-hybridized carbons (Fsp3) is 0. The van der Waals surface area contributed by atoms with Crippen molar-refractivity contribution < 1.29 is 4.79 Å². The molecular weight excluding hydrogens is 258 g/mol. The van der Waals surface area contributed by atoms with Gasteiger partial charge in [0.2, 0.25) is 0 Å². The van der Waals surface area contributed by atoms with E-state index in [0.29, 0.717) is 10.6 Å². The molecule has 1 aromatic heterocycles. The molecule has 0 spiro atoms. The highest BCUT2D eigenvalue weighted by Crippen LogP contribution is 2.26. The van der Waals surface area contributed by atoms with E-state index in [4.69, 9.17) is 11.6 Å². The molecule has 0 saturated heterocycles. The Bertz CT molecular complexity index is 768. The molecule has 0 aliphatic heterocycles. The molecule has 0 fully saturated rings. The summed E-state index contributed by atoms with van der Waals surface area (Å²) < 4.78 is 0. The lowest BCUT2D eigenvalue weighted by Gasteiger charge is -2.05. The molecule has 0 amide bonds. The van der Waals surface area contributed by atoms with E-state index in [1.54, 1.807) is 18.3 Å². The Morgan fingerprint density at radius 1 is 1.00 bits per heavy atom. The zero-order valence-electron chi connectivity index (χ0n) is 10.0. The Hall–Kier alpha value is -2.19. The summed E-state index contributed by atoms with van der Waals surface area (Å²) in [5, 5.41) is 1.55. The second-order valence-electron chi connectivity index (χ2n) is 4.27. The quantitative estimate of drug-likeness (QED) is 0.646. The van der Waals surface area contributed by atoms with Crippen LogP contribution in [-0.4, -0.2) is 11.3 Å². The molecule has 3 heteroatoms. The maximum atomic E-state index is 10.9. The molecule has 0 unspecified atom stereocenters. The smallest absolute Gasteiger partial charge is 0.151 e. The number of rotatable bonds is 2. The first-order valence-corrected chi connectivity index (χ1v) is 6.25. The molecule has 0 atom stereocenters. The third kappa shape index (κ3) is 2.23. The van der Waals surface area contributed by atoms with Gasteiger partial charge < -0.3 is 0 Å². The van der Waals surface area contributed by atoms with Gasteiger partial charge in [-0.15, -0.1) is 0 Å². The van der Waals surface area contributed by atoms with E-state index in [0.717, 1.165) is 28.3 Å². The molecule has 3 aromatic rings. The van der Waals surface area contributed by atoms with Crippen LogP contribution < -0.4 is 0 Å². The second kappa shape index (κ2) is 4.82. The van der Waals surface area contributed by atoms with Crippen LogP contribution in [0, 0.1) is 0 Å². The summed E-state index contributed by atoms with van der Waals surface area (Å²) in [6.45, 7) is 0. The number of pyridine rings is 1. The second-order valence-corrected chi connectivity index (χ2v) is 4.67. The molecule has 0 aliphatic rings. The van der Waals surface area contributed by atoms with Crippen molar-refractivity contribution in [2.45, 2.75) is 0 Å². The first kappa shape index (κ1) is 11.9. The number of aldehydes is 1. The maximum absolute atomic E-state index is 10.9. The van der Waals surface area contributed by atoms with Crippen LogP contribution in [0.4, 0.5) is 0 Å². The fourth-order valence-corrected chi connectivity index (χ4v) is 2.23. The fourth-order valence-electron chi connectivity index (χ4n) is 2.07. The van der Waals surface area contributed by atoms with Crippen LogP contribution in [-0.2, 0) is 0 Å². The number of hydrogen-bond donors (Lipinski definition) is 0. The minimum Gasteiger partial charge on any atom is -0.298 e. The van der Waals surface area contributed by atoms with Crippen LogP contribution in [0.2, 0.25) is 5.02 Å². The zero-order valence-corrected chi connectivity index (χ0v) is 10.8. The zero-order chi connectivity index (χ0) is 13.2. The van der Waals surface area contributed by atoms with Crippen molar-refractivity contribution in [1.29, 1.82) is 0 Å². The molecule has 92 valence electrons. The molecule has 0 aliphatic carbocycles. The highest BCUT2D eigenvalue weighted by Gasteiger charge is 2.04. The van der Waals surface area contributed by atoms with E-state index in [9.17, 15) is 4.79 Å². The van der Waals surface area contributed by atoms with Gasteiger partial charge in [0, 0.05) is 17.1 Å². The van der Waals surface area contributed by atoms with Crippen molar-refractivity contribution in [2.75, 3.05) is 0 Å². The summed E-state index contributed by atoms with van der Waals surface area (Å²) in [5.74, 6) is 0. The van der Waals surface area contributed by atoms with Crippen molar-refractivity contribution in [1.82, 2.24) is 4.98 Å². The molecular formula is C16H10ClNO. The Morgan fingerprint density at radius 3 is 2.63 bits per heavy atom. The highest BCUT2D eigenvalue weighted by molar-refractivity contribution is 6.33. The topological polar surface area (TPSA) is 30.0 Å². The Morgan fingerprint density at radius 2 is 1.79 bits per heavy atom. The Kier molecular flexibility index (Phi) is 3.02. The number of carbonyl (C=O) groups is 1. The van der Waals surface area contributed by atoms with Crippen molar-refractivity contribution in [3.8, 4) is 11.1 Å². The van der Waals surface area contributed by atoms with Crippen molar-refractivity contribution in [2.24, 2.45) is 0 Å². The van der Waals surface area contributed by atoms with E-state index in [1.165, 1.54) is 0 Å². The van der Waals surface area contributed by atoms with Gasteiger partial charge in [0.25, 0.3) is 0 Å².